The van der Waals surface area contributed by atoms with Crippen molar-refractivity contribution in [3.63, 3.8) is 0 Å². The van der Waals surface area contributed by atoms with Gasteiger partial charge in [0.1, 0.15) is 5.75 Å². The van der Waals surface area contributed by atoms with Gasteiger partial charge in [-0.2, -0.15) is 5.10 Å². The fraction of sp³-hybridized carbons (Fsp3) is 0.250. The number of nitrogens with one attached hydrogen (secondary N) is 2. The van der Waals surface area contributed by atoms with Gasteiger partial charge in [-0.1, -0.05) is 18.2 Å². The summed E-state index contributed by atoms with van der Waals surface area (Å²) in [6.07, 6.45) is 6.27. The number of halogens is 1. The molecule has 2 heterocycles. The molecule has 0 atom stereocenters. The third-order valence-electron chi connectivity index (χ3n) is 3.86. The molecule has 0 spiro atoms. The van der Waals surface area contributed by atoms with E-state index in [0.717, 1.165) is 36.1 Å². The largest absolute Gasteiger partial charge is 0.494 e. The molecule has 0 aliphatic carbocycles. The Labute approximate surface area is 182 Å². The average molecular weight is 492 g/mol. The monoisotopic (exact) mass is 492 g/mol. The Hall–Kier alpha value is -2.62. The summed E-state index contributed by atoms with van der Waals surface area (Å²) in [6.45, 7) is 2.09. The second kappa shape index (κ2) is 12.0. The number of rotatable bonds is 8. The number of hydrogen-bond acceptors (Lipinski definition) is 4. The van der Waals surface area contributed by atoms with Crippen molar-refractivity contribution in [2.75, 3.05) is 20.2 Å². The van der Waals surface area contributed by atoms with Gasteiger partial charge in [-0.25, -0.2) is 9.67 Å². The summed E-state index contributed by atoms with van der Waals surface area (Å²) < 4.78 is 7.42. The highest BCUT2D eigenvalue weighted by atomic mass is 127. The molecule has 0 aliphatic rings. The van der Waals surface area contributed by atoms with Gasteiger partial charge in [0.05, 0.1) is 6.61 Å². The van der Waals surface area contributed by atoms with Crippen LogP contribution in [0.2, 0.25) is 0 Å². The van der Waals surface area contributed by atoms with Crippen LogP contribution in [0.15, 0.2) is 72.1 Å². The van der Waals surface area contributed by atoms with Gasteiger partial charge in [0.2, 0.25) is 0 Å². The average Bonchev–Trinajstić information content (AvgIpc) is 3.26. The molecule has 2 N–H and O–H groups in total. The fourth-order valence-corrected chi connectivity index (χ4v) is 2.49. The van der Waals surface area contributed by atoms with Crippen LogP contribution in [-0.2, 0) is 6.54 Å². The second-order valence-corrected chi connectivity index (χ2v) is 5.84. The van der Waals surface area contributed by atoms with Gasteiger partial charge in [-0.3, -0.25) is 4.99 Å². The van der Waals surface area contributed by atoms with Crippen LogP contribution in [0.1, 0.15) is 12.0 Å². The van der Waals surface area contributed by atoms with Crippen molar-refractivity contribution >= 4 is 29.9 Å². The highest BCUT2D eigenvalue weighted by Crippen LogP contribution is 2.08. The molecule has 0 fully saturated rings. The molecule has 3 aromatic rings. The van der Waals surface area contributed by atoms with Crippen LogP contribution in [0.3, 0.4) is 0 Å². The van der Waals surface area contributed by atoms with Crippen LogP contribution < -0.4 is 15.4 Å². The third kappa shape index (κ3) is 6.84. The Bertz CT molecular complexity index is 839. The van der Waals surface area contributed by atoms with E-state index in [-0.39, 0.29) is 24.0 Å². The van der Waals surface area contributed by atoms with E-state index in [0.29, 0.717) is 13.2 Å². The van der Waals surface area contributed by atoms with Crippen LogP contribution in [0.4, 0.5) is 0 Å². The summed E-state index contributed by atoms with van der Waals surface area (Å²) in [6, 6.07) is 15.7. The maximum absolute atomic E-state index is 5.68. The molecular weight excluding hydrogens is 467 g/mol. The first kappa shape index (κ1) is 21.7. The van der Waals surface area contributed by atoms with Crippen molar-refractivity contribution in [2.24, 2.45) is 4.99 Å². The molecule has 1 aromatic carbocycles. The molecule has 0 unspecified atom stereocenters. The Balaban J connectivity index is 0.00000280. The zero-order valence-corrected chi connectivity index (χ0v) is 18.1. The molecule has 28 heavy (non-hydrogen) atoms. The molecular formula is C20H25IN6O. The highest BCUT2D eigenvalue weighted by molar-refractivity contribution is 14.0. The van der Waals surface area contributed by atoms with Crippen LogP contribution in [0.5, 0.6) is 5.75 Å². The van der Waals surface area contributed by atoms with E-state index in [2.05, 4.69) is 25.7 Å². The Morgan fingerprint density at radius 3 is 2.71 bits per heavy atom. The van der Waals surface area contributed by atoms with Crippen LogP contribution in [-0.4, -0.2) is 40.9 Å². The number of para-hydroxylation sites is 1. The minimum atomic E-state index is 0. The predicted octanol–water partition coefficient (Wildman–Crippen LogP) is 3.02. The summed E-state index contributed by atoms with van der Waals surface area (Å²) in [5, 5.41) is 10.8. The molecule has 148 valence electrons. The quantitative estimate of drug-likeness (QED) is 0.219. The van der Waals surface area contributed by atoms with Gasteiger partial charge in [-0.05, 0) is 42.3 Å². The number of aliphatic imine (C=N–C) groups is 1. The fourth-order valence-electron chi connectivity index (χ4n) is 2.49. The molecule has 2 aromatic heterocycles. The minimum Gasteiger partial charge on any atom is -0.494 e. The number of benzene rings is 1. The minimum absolute atomic E-state index is 0. The maximum Gasteiger partial charge on any atom is 0.191 e. The standard InChI is InChI=1S/C20H24N6O.HI/c1-21-20(23-10-6-14-27-18-7-3-2-4-8-18)24-16-17-9-12-22-19(15-17)26-13-5-11-25-26;/h2-5,7-9,11-13,15H,6,10,14,16H2,1H3,(H2,21,23,24);1H. The molecule has 7 nitrogen and oxygen atoms in total. The Morgan fingerprint density at radius 2 is 1.96 bits per heavy atom. The number of nitrogens with zero attached hydrogens (tertiary/aromatic N) is 4. The van der Waals surface area contributed by atoms with Crippen molar-refractivity contribution in [3.05, 3.63) is 72.7 Å². The van der Waals surface area contributed by atoms with Gasteiger partial charge in [0, 0.05) is 38.7 Å². The smallest absolute Gasteiger partial charge is 0.191 e. The maximum atomic E-state index is 5.68. The van der Waals surface area contributed by atoms with Crippen LogP contribution >= 0.6 is 24.0 Å². The normalized spacial score (nSPS) is 10.8. The second-order valence-electron chi connectivity index (χ2n) is 5.84. The lowest BCUT2D eigenvalue weighted by molar-refractivity contribution is 0.311. The first-order valence-corrected chi connectivity index (χ1v) is 8.92. The summed E-state index contributed by atoms with van der Waals surface area (Å²) >= 11 is 0. The van der Waals surface area contributed by atoms with E-state index in [4.69, 9.17) is 4.74 Å². The van der Waals surface area contributed by atoms with Gasteiger partial charge in [0.25, 0.3) is 0 Å². The summed E-state index contributed by atoms with van der Waals surface area (Å²) in [7, 11) is 1.76. The Morgan fingerprint density at radius 1 is 1.11 bits per heavy atom. The zero-order chi connectivity index (χ0) is 18.7. The van der Waals surface area contributed by atoms with Gasteiger partial charge in [-0.15, -0.1) is 24.0 Å². The lowest BCUT2D eigenvalue weighted by atomic mass is 10.2. The van der Waals surface area contributed by atoms with Crippen LogP contribution in [0, 0.1) is 0 Å². The summed E-state index contributed by atoms with van der Waals surface area (Å²) in [5.41, 5.74) is 1.10. The van der Waals surface area contributed by atoms with Crippen molar-refractivity contribution in [3.8, 4) is 11.6 Å². The summed E-state index contributed by atoms with van der Waals surface area (Å²) in [5.74, 6) is 2.44. The van der Waals surface area contributed by atoms with Crippen molar-refractivity contribution in [2.45, 2.75) is 13.0 Å². The molecule has 3 rings (SSSR count). The SMILES string of the molecule is CN=C(NCCCOc1ccccc1)NCc1ccnc(-n2cccn2)c1.I. The van der Waals surface area contributed by atoms with E-state index in [1.165, 1.54) is 0 Å². The molecule has 0 saturated carbocycles. The molecule has 8 heteroatoms. The van der Waals surface area contributed by atoms with Crippen molar-refractivity contribution in [1.82, 2.24) is 25.4 Å². The number of pyridine rings is 1. The Kier molecular flexibility index (Phi) is 9.26. The van der Waals surface area contributed by atoms with Crippen LogP contribution in [0.25, 0.3) is 5.82 Å². The first-order chi connectivity index (χ1) is 13.3. The van der Waals surface area contributed by atoms with E-state index >= 15 is 0 Å². The lowest BCUT2D eigenvalue weighted by Crippen LogP contribution is -2.37. The first-order valence-electron chi connectivity index (χ1n) is 8.92. The van der Waals surface area contributed by atoms with Gasteiger partial charge in [0.15, 0.2) is 11.8 Å². The van der Waals surface area contributed by atoms with Gasteiger partial charge >= 0.3 is 0 Å². The highest BCUT2D eigenvalue weighted by Gasteiger charge is 2.02. The van der Waals surface area contributed by atoms with Gasteiger partial charge < -0.3 is 15.4 Å². The molecule has 0 radical (unpaired) electrons. The lowest BCUT2D eigenvalue weighted by Gasteiger charge is -2.12. The molecule has 0 amide bonds. The molecule has 0 aliphatic heterocycles. The number of aromatic nitrogens is 3. The molecule has 0 saturated heterocycles. The van der Waals surface area contributed by atoms with E-state index in [1.54, 1.807) is 24.1 Å². The van der Waals surface area contributed by atoms with E-state index < -0.39 is 0 Å². The summed E-state index contributed by atoms with van der Waals surface area (Å²) in [4.78, 5) is 8.59. The predicted molar refractivity (Wildman–Crippen MR) is 122 cm³/mol. The number of hydrogen-bond donors (Lipinski definition) is 2. The van der Waals surface area contributed by atoms with Crippen molar-refractivity contribution in [1.29, 1.82) is 0 Å². The van der Waals surface area contributed by atoms with E-state index in [9.17, 15) is 0 Å². The number of ether oxygens (including phenoxy) is 1. The van der Waals surface area contributed by atoms with Crippen molar-refractivity contribution < 1.29 is 4.74 Å². The van der Waals surface area contributed by atoms with E-state index in [1.807, 2.05) is 54.7 Å². The third-order valence-corrected chi connectivity index (χ3v) is 3.86. The molecule has 0 bridgehead atoms. The topological polar surface area (TPSA) is 76.4 Å². The number of guanidine groups is 1. The zero-order valence-electron chi connectivity index (χ0n) is 15.8.